The summed E-state index contributed by atoms with van der Waals surface area (Å²) in [5.41, 5.74) is 0.546. The van der Waals surface area contributed by atoms with Gasteiger partial charge in [0.25, 0.3) is 11.2 Å². The minimum Gasteiger partial charge on any atom is -0.437 e. The zero-order chi connectivity index (χ0) is 24.4. The number of rotatable bonds is 6. The molecule has 0 radical (unpaired) electrons. The fourth-order valence-corrected chi connectivity index (χ4v) is 4.37. The van der Waals surface area contributed by atoms with Gasteiger partial charge < -0.3 is 4.74 Å². The molecule has 172 valence electrons. The largest absolute Gasteiger partial charge is 0.437 e. The van der Waals surface area contributed by atoms with Crippen molar-refractivity contribution >= 4 is 66.3 Å². The highest BCUT2D eigenvalue weighted by molar-refractivity contribution is 9.10. The third kappa shape index (κ3) is 5.01. The van der Waals surface area contributed by atoms with Crippen molar-refractivity contribution in [3.8, 4) is 11.6 Å². The third-order valence-electron chi connectivity index (χ3n) is 4.68. The van der Waals surface area contributed by atoms with Crippen molar-refractivity contribution < 1.29 is 9.66 Å². The Morgan fingerprint density at radius 1 is 1.24 bits per heavy atom. The number of aryl methyl sites for hydroxylation is 1. The number of hydrogen-bond donors (Lipinski definition) is 0. The Morgan fingerprint density at radius 3 is 2.71 bits per heavy atom. The zero-order valence-corrected chi connectivity index (χ0v) is 21.3. The van der Waals surface area contributed by atoms with Gasteiger partial charge in [0.1, 0.15) is 12.0 Å². The Hall–Kier alpha value is -3.15. The first-order valence-corrected chi connectivity index (χ1v) is 11.8. The minimum atomic E-state index is -0.549. The van der Waals surface area contributed by atoms with Gasteiger partial charge in [-0.3, -0.25) is 14.9 Å². The van der Waals surface area contributed by atoms with Crippen LogP contribution < -0.4 is 10.3 Å². The van der Waals surface area contributed by atoms with Crippen molar-refractivity contribution in [3.63, 3.8) is 0 Å². The molecular weight excluding hydrogens is 594 g/mol. The standard InChI is InChI=1S/C22H14Br2ClN5O4/c1-2-19-28-18-5-3-13(23)8-16(18)22(31)29(19)27-10-12-7-14(25)9-17(24)21(12)34-20-6-4-15(11-26-20)30(32)33/h3-11H,2H2,1H3. The first-order chi connectivity index (χ1) is 16.3. The van der Waals surface area contributed by atoms with E-state index >= 15 is 0 Å². The lowest BCUT2D eigenvalue weighted by molar-refractivity contribution is -0.385. The van der Waals surface area contributed by atoms with E-state index < -0.39 is 4.92 Å². The quantitative estimate of drug-likeness (QED) is 0.148. The van der Waals surface area contributed by atoms with Gasteiger partial charge in [0.05, 0.1) is 26.5 Å². The van der Waals surface area contributed by atoms with Gasteiger partial charge in [-0.05, 0) is 46.3 Å². The molecular formula is C22H14Br2ClN5O4. The monoisotopic (exact) mass is 605 g/mol. The molecule has 4 rings (SSSR count). The smallest absolute Gasteiger partial charge is 0.287 e. The Labute approximate surface area is 214 Å². The van der Waals surface area contributed by atoms with Crippen LogP contribution in [0.25, 0.3) is 10.9 Å². The summed E-state index contributed by atoms with van der Waals surface area (Å²) in [5, 5.41) is 16.1. The lowest BCUT2D eigenvalue weighted by atomic mass is 10.2. The first kappa shape index (κ1) is 24.0. The topological polar surface area (TPSA) is 113 Å². The minimum absolute atomic E-state index is 0.131. The van der Waals surface area contributed by atoms with Crippen LogP contribution in [0.15, 0.2) is 67.5 Å². The molecule has 0 N–H and O–H groups in total. The highest BCUT2D eigenvalue weighted by Crippen LogP contribution is 2.35. The summed E-state index contributed by atoms with van der Waals surface area (Å²) in [6.45, 7) is 1.88. The van der Waals surface area contributed by atoms with E-state index in [4.69, 9.17) is 16.3 Å². The summed E-state index contributed by atoms with van der Waals surface area (Å²) in [7, 11) is 0. The SMILES string of the molecule is CCc1nc2ccc(Br)cc2c(=O)n1N=Cc1cc(Cl)cc(Br)c1Oc1ccc([N+](=O)[O-])cn1. The molecule has 12 heteroatoms. The van der Waals surface area contributed by atoms with Crippen LogP contribution in [0.3, 0.4) is 0 Å². The maximum atomic E-state index is 13.1. The predicted molar refractivity (Wildman–Crippen MR) is 136 cm³/mol. The van der Waals surface area contributed by atoms with E-state index in [2.05, 4.69) is 46.9 Å². The lowest BCUT2D eigenvalue weighted by Gasteiger charge is -2.11. The summed E-state index contributed by atoms with van der Waals surface area (Å²) < 4.78 is 8.34. The first-order valence-electron chi connectivity index (χ1n) is 9.79. The molecule has 0 spiro atoms. The zero-order valence-electron chi connectivity index (χ0n) is 17.4. The van der Waals surface area contributed by atoms with Crippen molar-refractivity contribution in [2.75, 3.05) is 0 Å². The van der Waals surface area contributed by atoms with Crippen LogP contribution in [-0.4, -0.2) is 25.8 Å². The van der Waals surface area contributed by atoms with Crippen LogP contribution in [0.4, 0.5) is 5.69 Å². The molecule has 2 aromatic carbocycles. The second-order valence-corrected chi connectivity index (χ2v) is 9.13. The van der Waals surface area contributed by atoms with Gasteiger partial charge in [-0.25, -0.2) is 9.97 Å². The van der Waals surface area contributed by atoms with Crippen LogP contribution in [0, 0.1) is 10.1 Å². The fourth-order valence-electron chi connectivity index (χ4n) is 3.09. The number of halogens is 3. The van der Waals surface area contributed by atoms with Gasteiger partial charge in [-0.15, -0.1) is 0 Å². The van der Waals surface area contributed by atoms with Gasteiger partial charge in [0.15, 0.2) is 5.75 Å². The van der Waals surface area contributed by atoms with E-state index in [1.165, 1.54) is 23.0 Å². The molecule has 0 fully saturated rings. The predicted octanol–water partition coefficient (Wildman–Crippen LogP) is 6.12. The molecule has 0 atom stereocenters. The van der Waals surface area contributed by atoms with Crippen molar-refractivity contribution in [3.05, 3.63) is 94.5 Å². The number of hydrogen-bond acceptors (Lipinski definition) is 7. The summed E-state index contributed by atoms with van der Waals surface area (Å²) >= 11 is 13.0. The van der Waals surface area contributed by atoms with Crippen LogP contribution in [0.5, 0.6) is 11.6 Å². The van der Waals surface area contributed by atoms with Crippen molar-refractivity contribution in [2.24, 2.45) is 5.10 Å². The summed E-state index contributed by atoms with van der Waals surface area (Å²) in [6, 6.07) is 11.2. The molecule has 34 heavy (non-hydrogen) atoms. The Morgan fingerprint density at radius 2 is 2.03 bits per heavy atom. The van der Waals surface area contributed by atoms with E-state index in [0.29, 0.717) is 44.0 Å². The maximum Gasteiger partial charge on any atom is 0.287 e. The average molecular weight is 608 g/mol. The molecule has 2 heterocycles. The molecule has 0 aliphatic heterocycles. The second kappa shape index (κ2) is 10.00. The number of pyridine rings is 1. The van der Waals surface area contributed by atoms with Crippen LogP contribution in [0.2, 0.25) is 5.02 Å². The normalized spacial score (nSPS) is 11.3. The molecule has 9 nitrogen and oxygen atoms in total. The van der Waals surface area contributed by atoms with Crippen LogP contribution in [-0.2, 0) is 6.42 Å². The van der Waals surface area contributed by atoms with E-state index in [0.717, 1.165) is 10.7 Å². The molecule has 0 aliphatic rings. The summed E-state index contributed by atoms with van der Waals surface area (Å²) in [6.07, 6.45) is 3.01. The number of aromatic nitrogens is 3. The van der Waals surface area contributed by atoms with Crippen molar-refractivity contribution in [2.45, 2.75) is 13.3 Å². The Kier molecular flexibility index (Phi) is 7.05. The summed E-state index contributed by atoms with van der Waals surface area (Å²) in [4.78, 5) is 32.0. The van der Waals surface area contributed by atoms with Crippen LogP contribution >= 0.6 is 43.5 Å². The molecule has 4 aromatic rings. The maximum absolute atomic E-state index is 13.1. The van der Waals surface area contributed by atoms with Gasteiger partial charge in [0.2, 0.25) is 5.88 Å². The fraction of sp³-hybridized carbons (Fsp3) is 0.0909. The van der Waals surface area contributed by atoms with Gasteiger partial charge >= 0.3 is 0 Å². The third-order valence-corrected chi connectivity index (χ3v) is 5.98. The van der Waals surface area contributed by atoms with Gasteiger partial charge in [-0.2, -0.15) is 9.78 Å². The molecule has 0 bridgehead atoms. The molecule has 0 aliphatic carbocycles. The number of nitro groups is 1. The van der Waals surface area contributed by atoms with Crippen molar-refractivity contribution in [1.82, 2.24) is 14.6 Å². The Balaban J connectivity index is 1.78. The van der Waals surface area contributed by atoms with E-state index in [1.807, 2.05) is 13.0 Å². The number of nitrogens with zero attached hydrogens (tertiary/aromatic N) is 5. The molecule has 0 saturated carbocycles. The highest BCUT2D eigenvalue weighted by atomic mass is 79.9. The van der Waals surface area contributed by atoms with Crippen LogP contribution in [0.1, 0.15) is 18.3 Å². The number of fused-ring (bicyclic) bond motifs is 1. The molecule has 0 amide bonds. The van der Waals surface area contributed by atoms with E-state index in [9.17, 15) is 14.9 Å². The number of benzene rings is 2. The van der Waals surface area contributed by atoms with Crippen molar-refractivity contribution in [1.29, 1.82) is 0 Å². The number of ether oxygens (including phenoxy) is 1. The lowest BCUT2D eigenvalue weighted by Crippen LogP contribution is -2.22. The van der Waals surface area contributed by atoms with E-state index in [1.54, 1.807) is 24.3 Å². The molecule has 0 saturated heterocycles. The summed E-state index contributed by atoms with van der Waals surface area (Å²) in [5.74, 6) is 0.931. The molecule has 2 aromatic heterocycles. The second-order valence-electron chi connectivity index (χ2n) is 6.92. The van der Waals surface area contributed by atoms with Gasteiger partial charge in [0, 0.05) is 33.6 Å². The Bertz CT molecular complexity index is 1510. The van der Waals surface area contributed by atoms with E-state index in [-0.39, 0.29) is 17.1 Å². The molecule has 0 unspecified atom stereocenters. The average Bonchev–Trinajstić information content (AvgIpc) is 2.81. The van der Waals surface area contributed by atoms with Gasteiger partial charge in [-0.1, -0.05) is 34.5 Å². The highest BCUT2D eigenvalue weighted by Gasteiger charge is 2.14.